The number of hydrogen-bond acceptors (Lipinski definition) is 5. The summed E-state index contributed by atoms with van der Waals surface area (Å²) in [5.74, 6) is -0.552. The molecule has 0 N–H and O–H groups in total. The first-order chi connectivity index (χ1) is 13.9. The maximum absolute atomic E-state index is 13.0. The fraction of sp³-hybridized carbons (Fsp3) is 0.278. The van der Waals surface area contributed by atoms with E-state index in [-0.39, 0.29) is 5.65 Å². The maximum Gasteiger partial charge on any atom is 0.453 e. The average molecular weight is 466 g/mol. The van der Waals surface area contributed by atoms with E-state index < -0.39 is 12.0 Å². The molecule has 150 valence electrons. The summed E-state index contributed by atoms with van der Waals surface area (Å²) in [5, 5.41) is 7.86. The van der Waals surface area contributed by atoms with E-state index in [0.29, 0.717) is 29.9 Å². The number of rotatable bonds is 5. The zero-order chi connectivity index (χ0) is 20.6. The van der Waals surface area contributed by atoms with E-state index >= 15 is 0 Å². The Labute approximate surface area is 171 Å². The van der Waals surface area contributed by atoms with E-state index in [1.54, 1.807) is 23.1 Å². The van der Waals surface area contributed by atoms with Gasteiger partial charge < -0.3 is 0 Å². The Bertz CT molecular complexity index is 1170. The lowest BCUT2D eigenvalue weighted by Gasteiger charge is -2.11. The van der Waals surface area contributed by atoms with Crippen molar-refractivity contribution >= 4 is 21.6 Å². The number of hydrogen-bond donors (Lipinski definition) is 0. The Morgan fingerprint density at radius 1 is 1.14 bits per heavy atom. The minimum Gasteiger partial charge on any atom is -0.240 e. The normalized spacial score (nSPS) is 12.0. The second-order valence-corrected chi connectivity index (χ2v) is 7.20. The molecule has 4 rings (SSSR count). The molecule has 0 aliphatic rings. The highest BCUT2D eigenvalue weighted by Gasteiger charge is 2.36. The maximum atomic E-state index is 13.0. The fourth-order valence-corrected chi connectivity index (χ4v) is 3.50. The van der Waals surface area contributed by atoms with Gasteiger partial charge in [-0.3, -0.25) is 0 Å². The van der Waals surface area contributed by atoms with Gasteiger partial charge in [0.2, 0.25) is 0 Å². The van der Waals surface area contributed by atoms with Crippen molar-refractivity contribution < 1.29 is 13.2 Å². The topological polar surface area (TPSA) is 73.8 Å². The first kappa shape index (κ1) is 19.5. The highest BCUT2D eigenvalue weighted by Crippen LogP contribution is 2.28. The van der Waals surface area contributed by atoms with Gasteiger partial charge >= 0.3 is 6.18 Å². The van der Waals surface area contributed by atoms with Crippen molar-refractivity contribution in [1.82, 2.24) is 34.3 Å². The molecule has 0 unspecified atom stereocenters. The first-order valence-electron chi connectivity index (χ1n) is 8.82. The Balaban J connectivity index is 1.79. The lowest BCUT2D eigenvalue weighted by Crippen LogP contribution is -2.09. The van der Waals surface area contributed by atoms with Crippen molar-refractivity contribution in [3.05, 3.63) is 64.2 Å². The molecule has 4 heterocycles. The van der Waals surface area contributed by atoms with Gasteiger partial charge in [0.1, 0.15) is 6.33 Å². The number of aryl methyl sites for hydroxylation is 1. The zero-order valence-corrected chi connectivity index (χ0v) is 16.8. The highest BCUT2D eigenvalue weighted by molar-refractivity contribution is 9.10. The molecule has 29 heavy (non-hydrogen) atoms. The van der Waals surface area contributed by atoms with E-state index in [2.05, 4.69) is 41.1 Å². The van der Waals surface area contributed by atoms with Gasteiger partial charge in [-0.1, -0.05) is 13.3 Å². The van der Waals surface area contributed by atoms with Gasteiger partial charge in [-0.05, 0) is 40.5 Å². The molecule has 0 amide bonds. The number of aromatic nitrogens is 7. The third-order valence-electron chi connectivity index (χ3n) is 4.34. The quantitative estimate of drug-likeness (QED) is 0.444. The van der Waals surface area contributed by atoms with Gasteiger partial charge in [-0.2, -0.15) is 18.3 Å². The van der Waals surface area contributed by atoms with Crippen LogP contribution in [-0.2, 0) is 19.0 Å². The molecule has 0 bridgehead atoms. The molecule has 0 aliphatic carbocycles. The van der Waals surface area contributed by atoms with Crippen molar-refractivity contribution in [1.29, 1.82) is 0 Å². The molecule has 7 nitrogen and oxygen atoms in total. The van der Waals surface area contributed by atoms with Crippen LogP contribution >= 0.6 is 15.9 Å². The molecular formula is C18H15BrF3N7. The predicted octanol–water partition coefficient (Wildman–Crippen LogP) is 4.03. The molecule has 0 aromatic carbocycles. The minimum absolute atomic E-state index is 0.175. The molecular weight excluding hydrogens is 451 g/mol. The van der Waals surface area contributed by atoms with Gasteiger partial charge in [-0.15, -0.1) is 5.10 Å². The Morgan fingerprint density at radius 3 is 2.69 bits per heavy atom. The van der Waals surface area contributed by atoms with Gasteiger partial charge in [0, 0.05) is 24.4 Å². The molecule has 0 saturated carbocycles. The van der Waals surface area contributed by atoms with Crippen LogP contribution in [0, 0.1) is 0 Å². The van der Waals surface area contributed by atoms with Gasteiger partial charge in [0.25, 0.3) is 5.82 Å². The molecule has 0 spiro atoms. The summed E-state index contributed by atoms with van der Waals surface area (Å²) in [4.78, 5) is 12.4. The summed E-state index contributed by atoms with van der Waals surface area (Å²) < 4.78 is 42.7. The van der Waals surface area contributed by atoms with E-state index in [0.717, 1.165) is 21.1 Å². The van der Waals surface area contributed by atoms with Crippen LogP contribution in [0.2, 0.25) is 0 Å². The lowest BCUT2D eigenvalue weighted by molar-refractivity contribution is -0.144. The molecule has 0 radical (unpaired) electrons. The monoisotopic (exact) mass is 465 g/mol. The highest BCUT2D eigenvalue weighted by atomic mass is 79.9. The molecule has 0 saturated heterocycles. The summed E-state index contributed by atoms with van der Waals surface area (Å²) in [5.41, 5.74) is 2.25. The third kappa shape index (κ3) is 3.74. The lowest BCUT2D eigenvalue weighted by atomic mass is 10.1. The number of fused-ring (bicyclic) bond motifs is 1. The number of halogens is 4. The van der Waals surface area contributed by atoms with Gasteiger partial charge in [-0.25, -0.2) is 24.1 Å². The summed E-state index contributed by atoms with van der Waals surface area (Å²) in [6, 6.07) is 5.48. The van der Waals surface area contributed by atoms with Gasteiger partial charge in [0.05, 0.1) is 15.9 Å². The Morgan fingerprint density at radius 2 is 1.97 bits per heavy atom. The molecule has 0 fully saturated rings. The summed E-state index contributed by atoms with van der Waals surface area (Å²) in [7, 11) is 0. The molecule has 4 aromatic rings. The van der Waals surface area contributed by atoms with Crippen LogP contribution in [-0.4, -0.2) is 34.3 Å². The van der Waals surface area contributed by atoms with E-state index in [4.69, 9.17) is 0 Å². The van der Waals surface area contributed by atoms with Crippen LogP contribution in [0.5, 0.6) is 0 Å². The fourth-order valence-electron chi connectivity index (χ4n) is 3.08. The Hall–Kier alpha value is -2.82. The van der Waals surface area contributed by atoms with Crippen LogP contribution in [0.15, 0.2) is 41.4 Å². The van der Waals surface area contributed by atoms with Crippen molar-refractivity contribution in [2.24, 2.45) is 0 Å². The second kappa shape index (κ2) is 7.54. The smallest absolute Gasteiger partial charge is 0.240 e. The van der Waals surface area contributed by atoms with Crippen molar-refractivity contribution in [3.8, 4) is 5.82 Å². The zero-order valence-electron chi connectivity index (χ0n) is 15.2. The summed E-state index contributed by atoms with van der Waals surface area (Å²) in [6.45, 7) is 1.95. The van der Waals surface area contributed by atoms with E-state index in [9.17, 15) is 13.2 Å². The SMILES string of the molecule is CCCc1c(Cc2ccnn2-c2ncccc2Br)ncn2nc(C(F)(F)F)nc12. The molecule has 0 aliphatic heterocycles. The van der Waals surface area contributed by atoms with Crippen LogP contribution < -0.4 is 0 Å². The van der Waals surface area contributed by atoms with E-state index in [1.165, 1.54) is 6.33 Å². The predicted molar refractivity (Wildman–Crippen MR) is 102 cm³/mol. The van der Waals surface area contributed by atoms with Crippen molar-refractivity contribution in [2.75, 3.05) is 0 Å². The first-order valence-corrected chi connectivity index (χ1v) is 9.62. The Kier molecular flexibility index (Phi) is 5.07. The van der Waals surface area contributed by atoms with Crippen LogP contribution in [0.1, 0.15) is 36.1 Å². The average Bonchev–Trinajstić information content (AvgIpc) is 3.31. The largest absolute Gasteiger partial charge is 0.453 e. The number of nitrogens with zero attached hydrogens (tertiary/aromatic N) is 7. The molecule has 11 heteroatoms. The van der Waals surface area contributed by atoms with E-state index in [1.807, 2.05) is 19.1 Å². The standard InChI is InChI=1S/C18H15BrF3N7/c1-2-4-12-14(24-10-28-15(12)26-17(27-28)18(20,21)22)9-11-6-8-25-29(11)16-13(19)5-3-7-23-16/h3,5-8,10H,2,4,9H2,1H3. The van der Waals surface area contributed by atoms with Crippen LogP contribution in [0.4, 0.5) is 13.2 Å². The second-order valence-electron chi connectivity index (χ2n) is 6.34. The van der Waals surface area contributed by atoms with Crippen LogP contribution in [0.3, 0.4) is 0 Å². The van der Waals surface area contributed by atoms with Gasteiger partial charge in [0.15, 0.2) is 11.5 Å². The molecule has 0 atom stereocenters. The minimum atomic E-state index is -4.61. The van der Waals surface area contributed by atoms with Crippen molar-refractivity contribution in [3.63, 3.8) is 0 Å². The number of pyridine rings is 1. The van der Waals surface area contributed by atoms with Crippen LogP contribution in [0.25, 0.3) is 11.5 Å². The molecule has 4 aromatic heterocycles. The third-order valence-corrected chi connectivity index (χ3v) is 4.95. The summed E-state index contributed by atoms with van der Waals surface area (Å²) >= 11 is 3.46. The number of alkyl halides is 3. The van der Waals surface area contributed by atoms with Crippen molar-refractivity contribution in [2.45, 2.75) is 32.4 Å². The summed E-state index contributed by atoms with van der Waals surface area (Å²) in [6.07, 6.45) is 1.59.